The predicted octanol–water partition coefficient (Wildman–Crippen LogP) is 6.71. The van der Waals surface area contributed by atoms with E-state index >= 15 is 0 Å². The zero-order chi connectivity index (χ0) is 30.6. The minimum absolute atomic E-state index is 0.134. The largest absolute Gasteiger partial charge is 0.861 e. The van der Waals surface area contributed by atoms with E-state index in [0.717, 1.165) is 38.5 Å². The van der Waals surface area contributed by atoms with E-state index in [-0.39, 0.29) is 19.4 Å². The molecule has 9 nitrogen and oxygen atoms in total. The quantitative estimate of drug-likeness (QED) is 0.0326. The van der Waals surface area contributed by atoms with Crippen LogP contribution in [0, 0.1) is 0 Å². The van der Waals surface area contributed by atoms with E-state index in [4.69, 9.17) is 14.0 Å². The summed E-state index contributed by atoms with van der Waals surface area (Å²) in [5.41, 5.74) is 0. The van der Waals surface area contributed by atoms with Crippen molar-refractivity contribution in [1.82, 2.24) is 0 Å². The Morgan fingerprint density at radius 1 is 0.683 bits per heavy atom. The average Bonchev–Trinajstić information content (AvgIpc) is 2.91. The normalized spacial score (nSPS) is 12.8. The first-order valence-electron chi connectivity index (χ1n) is 16.2. The Kier molecular flexibility index (Phi) is 26.1. The van der Waals surface area contributed by atoms with Gasteiger partial charge in [-0.05, 0) is 25.2 Å². The van der Waals surface area contributed by atoms with Crippen LogP contribution in [-0.2, 0) is 29.2 Å². The summed E-state index contributed by atoms with van der Waals surface area (Å²) in [6.07, 6.45) is 22.8. The summed E-state index contributed by atoms with van der Waals surface area (Å²) in [5, 5.41) is 11.9. The van der Waals surface area contributed by atoms with Crippen LogP contribution < -0.4 is 5.11 Å². The molecule has 0 saturated carbocycles. The third-order valence-electron chi connectivity index (χ3n) is 7.00. The van der Waals surface area contributed by atoms with E-state index in [1.165, 1.54) is 83.5 Å². The van der Waals surface area contributed by atoms with Gasteiger partial charge in [0.1, 0.15) is 11.8 Å². The lowest BCUT2D eigenvalue weighted by Crippen LogP contribution is -2.32. The molecule has 0 aromatic rings. The fourth-order valence-corrected chi connectivity index (χ4v) is 4.95. The van der Waals surface area contributed by atoms with Crippen molar-refractivity contribution in [3.05, 3.63) is 0 Å². The fourth-order valence-electron chi connectivity index (χ4n) is 4.56. The fraction of sp³-hybridized carbons (Fsp3) is 0.903. The van der Waals surface area contributed by atoms with Gasteiger partial charge in [0.2, 0.25) is 0 Å². The van der Waals surface area contributed by atoms with Gasteiger partial charge in [-0.1, -0.05) is 129 Å². The standard InChI is InChI=1S/C31H59NO8S/c1-3-5-7-9-11-13-15-17-19-21-25-39-30(34)24-23-28(32-29(33)27-41(36,37)38)31(35)40-26-22-20-18-16-14-12-10-8-6-4-2/h28H,3-27H2,1-2H3,(H,32,33)(H,36,37,38)/p-1/t28-/m1/s1. The van der Waals surface area contributed by atoms with Crippen LogP contribution in [0.3, 0.4) is 0 Å². The number of esters is 2. The second-order valence-electron chi connectivity index (χ2n) is 11.1. The number of ether oxygens (including phenoxy) is 2. The number of carbonyl (C=O) groups is 2. The molecule has 0 aliphatic carbocycles. The van der Waals surface area contributed by atoms with Crippen molar-refractivity contribution in [3.63, 3.8) is 0 Å². The highest BCUT2D eigenvalue weighted by Gasteiger charge is 2.21. The maximum absolute atomic E-state index is 12.5. The van der Waals surface area contributed by atoms with E-state index in [0.29, 0.717) is 13.0 Å². The SMILES string of the molecule is CCCCCCCCCCCCOC(=O)CC[C@@H](N=C([O-])CS(=O)(=O)O)C(=O)OCCCCCCCCCCCC. The second-order valence-corrected chi connectivity index (χ2v) is 12.5. The first-order valence-corrected chi connectivity index (χ1v) is 17.8. The second kappa shape index (κ2) is 27.2. The maximum Gasteiger partial charge on any atom is 0.330 e. The molecular weight excluding hydrogens is 546 g/mol. The molecule has 242 valence electrons. The molecule has 0 rings (SSSR count). The number of hydrogen-bond acceptors (Lipinski definition) is 8. The third kappa shape index (κ3) is 28.2. The lowest BCUT2D eigenvalue weighted by atomic mass is 10.1. The highest BCUT2D eigenvalue weighted by molar-refractivity contribution is 7.86. The van der Waals surface area contributed by atoms with Gasteiger partial charge in [0.05, 0.1) is 13.2 Å². The molecule has 10 heteroatoms. The van der Waals surface area contributed by atoms with Crippen molar-refractivity contribution in [1.29, 1.82) is 0 Å². The van der Waals surface area contributed by atoms with Crippen LogP contribution in [0.4, 0.5) is 0 Å². The molecule has 0 saturated heterocycles. The van der Waals surface area contributed by atoms with E-state index < -0.39 is 39.7 Å². The highest BCUT2D eigenvalue weighted by atomic mass is 32.2. The summed E-state index contributed by atoms with van der Waals surface area (Å²) in [5.74, 6) is -3.68. The molecule has 0 aliphatic heterocycles. The summed E-state index contributed by atoms with van der Waals surface area (Å²) in [6, 6.07) is -1.32. The van der Waals surface area contributed by atoms with E-state index in [2.05, 4.69) is 18.8 Å². The summed E-state index contributed by atoms with van der Waals surface area (Å²) in [4.78, 5) is 28.3. The zero-order valence-corrected chi connectivity index (χ0v) is 26.7. The molecule has 0 radical (unpaired) electrons. The van der Waals surface area contributed by atoms with Gasteiger partial charge in [-0.2, -0.15) is 8.42 Å². The van der Waals surface area contributed by atoms with Crippen molar-refractivity contribution in [2.45, 2.75) is 161 Å². The van der Waals surface area contributed by atoms with Crippen molar-refractivity contribution in [2.75, 3.05) is 19.0 Å². The minimum Gasteiger partial charge on any atom is -0.861 e. The Morgan fingerprint density at radius 2 is 1.07 bits per heavy atom. The molecule has 1 N–H and O–H groups in total. The summed E-state index contributed by atoms with van der Waals surface area (Å²) >= 11 is 0. The molecule has 0 unspecified atom stereocenters. The van der Waals surface area contributed by atoms with Crippen molar-refractivity contribution >= 4 is 28.0 Å². The van der Waals surface area contributed by atoms with Crippen LogP contribution in [0.15, 0.2) is 4.99 Å². The van der Waals surface area contributed by atoms with Gasteiger partial charge < -0.3 is 14.6 Å². The Bertz CT molecular complexity index is 785. The number of rotatable bonds is 29. The average molecular weight is 605 g/mol. The molecule has 41 heavy (non-hydrogen) atoms. The van der Waals surface area contributed by atoms with Gasteiger partial charge in [0.15, 0.2) is 0 Å². The van der Waals surface area contributed by atoms with E-state index in [1.807, 2.05) is 0 Å². The lowest BCUT2D eigenvalue weighted by molar-refractivity contribution is -0.216. The van der Waals surface area contributed by atoms with Crippen molar-refractivity contribution < 1.29 is 37.1 Å². The molecule has 0 fully saturated rings. The Balaban J connectivity index is 4.31. The third-order valence-corrected chi connectivity index (χ3v) is 7.61. The molecule has 1 atom stereocenters. The number of hydrogen-bond donors (Lipinski definition) is 1. The molecular formula is C31H58NO8S-. The lowest BCUT2D eigenvalue weighted by Gasteiger charge is -2.16. The van der Waals surface area contributed by atoms with Crippen LogP contribution >= 0.6 is 0 Å². The smallest absolute Gasteiger partial charge is 0.330 e. The molecule has 0 bridgehead atoms. The first-order chi connectivity index (χ1) is 19.7. The number of nitrogens with zero attached hydrogens (tertiary/aromatic N) is 1. The van der Waals surface area contributed by atoms with Gasteiger partial charge in [-0.25, -0.2) is 4.79 Å². The van der Waals surface area contributed by atoms with Crippen molar-refractivity contribution in [3.8, 4) is 0 Å². The molecule has 0 heterocycles. The van der Waals surface area contributed by atoms with Crippen molar-refractivity contribution in [2.24, 2.45) is 4.99 Å². The van der Waals surface area contributed by atoms with Crippen LogP contribution in [0.5, 0.6) is 0 Å². The van der Waals surface area contributed by atoms with E-state index in [1.54, 1.807) is 0 Å². The topological polar surface area (TPSA) is 142 Å². The summed E-state index contributed by atoms with van der Waals surface area (Å²) < 4.78 is 41.4. The van der Waals surface area contributed by atoms with E-state index in [9.17, 15) is 23.1 Å². The zero-order valence-electron chi connectivity index (χ0n) is 25.9. The van der Waals surface area contributed by atoms with Gasteiger partial charge in [-0.15, -0.1) is 0 Å². The van der Waals surface area contributed by atoms with Crippen LogP contribution in [-0.4, -0.2) is 55.8 Å². The van der Waals surface area contributed by atoms with Crippen LogP contribution in [0.2, 0.25) is 0 Å². The molecule has 0 aromatic carbocycles. The van der Waals surface area contributed by atoms with Gasteiger partial charge in [-0.3, -0.25) is 14.3 Å². The van der Waals surface area contributed by atoms with Gasteiger partial charge in [0, 0.05) is 6.42 Å². The van der Waals surface area contributed by atoms with Crippen LogP contribution in [0.25, 0.3) is 0 Å². The summed E-state index contributed by atoms with van der Waals surface area (Å²) in [7, 11) is -4.58. The Hall–Kier alpha value is -1.68. The predicted molar refractivity (Wildman–Crippen MR) is 162 cm³/mol. The highest BCUT2D eigenvalue weighted by Crippen LogP contribution is 2.13. The maximum atomic E-state index is 12.5. The molecule has 0 spiro atoms. The van der Waals surface area contributed by atoms with Gasteiger partial charge in [0.25, 0.3) is 10.1 Å². The first kappa shape index (κ1) is 39.3. The number of aliphatic imine (C=N–C) groups is 1. The summed E-state index contributed by atoms with van der Waals surface area (Å²) in [6.45, 7) is 4.87. The molecule has 0 aliphatic rings. The number of unbranched alkanes of at least 4 members (excludes halogenated alkanes) is 18. The number of carbonyl (C=O) groups excluding carboxylic acids is 2. The molecule has 0 aromatic heterocycles. The van der Waals surface area contributed by atoms with Gasteiger partial charge >= 0.3 is 11.9 Å². The van der Waals surface area contributed by atoms with Crippen LogP contribution in [0.1, 0.15) is 155 Å². The monoisotopic (exact) mass is 604 g/mol. The Morgan fingerprint density at radius 3 is 1.49 bits per heavy atom. The molecule has 0 amide bonds. The Labute approximate surface area is 250 Å². The minimum atomic E-state index is -4.58.